The predicted molar refractivity (Wildman–Crippen MR) is 89.5 cm³/mol. The number of rotatable bonds is 3. The fourth-order valence-electron chi connectivity index (χ4n) is 3.17. The van der Waals surface area contributed by atoms with Crippen molar-refractivity contribution in [3.8, 4) is 0 Å². The molecule has 1 aromatic carbocycles. The molecule has 0 unspecified atom stereocenters. The van der Waals surface area contributed by atoms with E-state index in [1.807, 2.05) is 18.2 Å². The third-order valence-corrected chi connectivity index (χ3v) is 5.79. The largest absolute Gasteiger partial charge is 0.288 e. The number of carbonyl (C=O) groups excluding carboxylic acids is 1. The molecule has 1 nitrogen and oxygen atoms in total. The lowest BCUT2D eigenvalue weighted by Gasteiger charge is -2.21. The molecule has 1 heterocycles. The number of thiophene rings is 1. The van der Waals surface area contributed by atoms with Crippen molar-refractivity contribution in [2.75, 3.05) is 0 Å². The zero-order valence-electron chi connectivity index (χ0n) is 12.8. The summed E-state index contributed by atoms with van der Waals surface area (Å²) in [5.74, 6) is 0.862. The second-order valence-corrected chi connectivity index (χ2v) is 7.39. The molecule has 110 valence electrons. The van der Waals surface area contributed by atoms with Gasteiger partial charge in [0.1, 0.15) is 0 Å². The fourth-order valence-corrected chi connectivity index (χ4v) is 4.17. The molecule has 21 heavy (non-hydrogen) atoms. The highest BCUT2D eigenvalue weighted by Crippen LogP contribution is 2.33. The summed E-state index contributed by atoms with van der Waals surface area (Å²) in [6.07, 6.45) is 6.68. The highest BCUT2D eigenvalue weighted by Gasteiger charge is 2.17. The molecule has 2 aromatic rings. The Hall–Kier alpha value is -1.41. The van der Waals surface area contributed by atoms with Gasteiger partial charge < -0.3 is 0 Å². The van der Waals surface area contributed by atoms with Crippen LogP contribution >= 0.6 is 11.3 Å². The van der Waals surface area contributed by atoms with Crippen molar-refractivity contribution in [3.05, 3.63) is 56.8 Å². The molecular weight excluding hydrogens is 276 g/mol. The molecule has 1 aliphatic carbocycles. The minimum atomic E-state index is 0.159. The number of hydrogen-bond acceptors (Lipinski definition) is 2. The first-order valence-electron chi connectivity index (χ1n) is 7.87. The molecule has 0 spiro atoms. The average molecular weight is 298 g/mol. The van der Waals surface area contributed by atoms with E-state index in [2.05, 4.69) is 26.0 Å². The van der Waals surface area contributed by atoms with E-state index in [0.29, 0.717) is 5.92 Å². The normalized spacial score (nSPS) is 16.1. The van der Waals surface area contributed by atoms with Crippen LogP contribution in [0.3, 0.4) is 0 Å². The Labute approximate surface area is 131 Å². The minimum Gasteiger partial charge on any atom is -0.288 e. The van der Waals surface area contributed by atoms with Crippen LogP contribution in [0.5, 0.6) is 0 Å². The highest BCUT2D eigenvalue weighted by atomic mass is 32.1. The average Bonchev–Trinajstić information content (AvgIpc) is 2.87. The summed E-state index contributed by atoms with van der Waals surface area (Å²) in [6.45, 7) is 4.14. The van der Waals surface area contributed by atoms with E-state index in [1.54, 1.807) is 11.3 Å². The lowest BCUT2D eigenvalue weighted by molar-refractivity contribution is 0.104. The van der Waals surface area contributed by atoms with Crippen molar-refractivity contribution >= 4 is 17.1 Å². The number of aryl methyl sites for hydroxylation is 2. The molecule has 2 heteroatoms. The second kappa shape index (κ2) is 6.15. The van der Waals surface area contributed by atoms with Gasteiger partial charge in [0, 0.05) is 10.4 Å². The molecule has 1 aromatic heterocycles. The molecule has 0 atom stereocenters. The van der Waals surface area contributed by atoms with Crippen LogP contribution in [0.25, 0.3) is 0 Å². The molecular formula is C19H22OS. The fraction of sp³-hybridized carbons (Fsp3) is 0.421. The van der Waals surface area contributed by atoms with Crippen LogP contribution < -0.4 is 0 Å². The van der Waals surface area contributed by atoms with E-state index in [9.17, 15) is 4.79 Å². The maximum atomic E-state index is 12.5. The van der Waals surface area contributed by atoms with Gasteiger partial charge in [0.2, 0.25) is 5.78 Å². The van der Waals surface area contributed by atoms with E-state index in [0.717, 1.165) is 10.4 Å². The number of ketones is 1. The number of hydrogen-bond donors (Lipinski definition) is 0. The standard InChI is InChI=1S/C19H22OS/c1-13-12-18(21-14(13)2)19(20)17-10-8-16(9-11-17)15-6-4-3-5-7-15/h8-12,15H,3-7H2,1-2H3. The molecule has 0 bridgehead atoms. The molecule has 0 saturated heterocycles. The Morgan fingerprint density at radius 2 is 1.71 bits per heavy atom. The summed E-state index contributed by atoms with van der Waals surface area (Å²) in [6, 6.07) is 10.4. The molecule has 0 amide bonds. The first-order chi connectivity index (χ1) is 10.1. The van der Waals surface area contributed by atoms with E-state index in [4.69, 9.17) is 0 Å². The lowest BCUT2D eigenvalue weighted by Crippen LogP contribution is -2.05. The van der Waals surface area contributed by atoms with Gasteiger partial charge in [-0.15, -0.1) is 11.3 Å². The van der Waals surface area contributed by atoms with E-state index >= 15 is 0 Å². The summed E-state index contributed by atoms with van der Waals surface area (Å²) < 4.78 is 0. The smallest absolute Gasteiger partial charge is 0.202 e. The predicted octanol–water partition coefficient (Wildman–Crippen LogP) is 5.64. The maximum Gasteiger partial charge on any atom is 0.202 e. The van der Waals surface area contributed by atoms with Crippen LogP contribution in [-0.2, 0) is 0 Å². The van der Waals surface area contributed by atoms with E-state index < -0.39 is 0 Å². The van der Waals surface area contributed by atoms with Crippen molar-refractivity contribution in [1.82, 2.24) is 0 Å². The molecule has 1 saturated carbocycles. The van der Waals surface area contributed by atoms with Crippen LogP contribution in [0.4, 0.5) is 0 Å². The van der Waals surface area contributed by atoms with Crippen molar-refractivity contribution in [2.24, 2.45) is 0 Å². The van der Waals surface area contributed by atoms with Gasteiger partial charge in [0.05, 0.1) is 4.88 Å². The Balaban J connectivity index is 1.78. The molecule has 0 radical (unpaired) electrons. The van der Waals surface area contributed by atoms with Crippen molar-refractivity contribution < 1.29 is 4.79 Å². The van der Waals surface area contributed by atoms with Gasteiger partial charge in [-0.3, -0.25) is 4.79 Å². The van der Waals surface area contributed by atoms with Gasteiger partial charge in [-0.2, -0.15) is 0 Å². The second-order valence-electron chi connectivity index (χ2n) is 6.14. The van der Waals surface area contributed by atoms with Crippen molar-refractivity contribution in [1.29, 1.82) is 0 Å². The SMILES string of the molecule is Cc1cc(C(=O)c2ccc(C3CCCCC3)cc2)sc1C. The Morgan fingerprint density at radius 1 is 1.05 bits per heavy atom. The van der Waals surface area contributed by atoms with Crippen LogP contribution in [0.15, 0.2) is 30.3 Å². The van der Waals surface area contributed by atoms with Crippen LogP contribution in [-0.4, -0.2) is 5.78 Å². The first-order valence-corrected chi connectivity index (χ1v) is 8.68. The molecule has 0 N–H and O–H groups in total. The Morgan fingerprint density at radius 3 is 2.29 bits per heavy atom. The van der Waals surface area contributed by atoms with Crippen LogP contribution in [0, 0.1) is 13.8 Å². The third kappa shape index (κ3) is 3.11. The highest BCUT2D eigenvalue weighted by molar-refractivity contribution is 7.14. The lowest BCUT2D eigenvalue weighted by atomic mass is 9.84. The Kier molecular flexibility index (Phi) is 4.25. The zero-order chi connectivity index (χ0) is 14.8. The van der Waals surface area contributed by atoms with E-state index in [-0.39, 0.29) is 5.78 Å². The molecule has 1 fully saturated rings. The van der Waals surface area contributed by atoms with Crippen molar-refractivity contribution in [3.63, 3.8) is 0 Å². The van der Waals surface area contributed by atoms with Gasteiger partial charge >= 0.3 is 0 Å². The summed E-state index contributed by atoms with van der Waals surface area (Å²) in [5.41, 5.74) is 3.43. The van der Waals surface area contributed by atoms with Gasteiger partial charge in [0.15, 0.2) is 0 Å². The zero-order valence-corrected chi connectivity index (χ0v) is 13.6. The minimum absolute atomic E-state index is 0.159. The summed E-state index contributed by atoms with van der Waals surface area (Å²) in [5, 5.41) is 0. The van der Waals surface area contributed by atoms with Gasteiger partial charge in [-0.05, 0) is 49.8 Å². The molecule has 0 aliphatic heterocycles. The number of benzene rings is 1. The monoisotopic (exact) mass is 298 g/mol. The van der Waals surface area contributed by atoms with Gasteiger partial charge in [-0.25, -0.2) is 0 Å². The first kappa shape index (κ1) is 14.5. The Bertz CT molecular complexity index is 611. The van der Waals surface area contributed by atoms with Gasteiger partial charge in [0.25, 0.3) is 0 Å². The third-order valence-electron chi connectivity index (χ3n) is 4.64. The van der Waals surface area contributed by atoms with E-state index in [1.165, 1.54) is 48.1 Å². The summed E-state index contributed by atoms with van der Waals surface area (Å²) in [4.78, 5) is 14.6. The van der Waals surface area contributed by atoms with Crippen molar-refractivity contribution in [2.45, 2.75) is 51.9 Å². The maximum absolute atomic E-state index is 12.5. The van der Waals surface area contributed by atoms with Crippen LogP contribution in [0.1, 0.15) is 69.3 Å². The molecule has 1 aliphatic rings. The van der Waals surface area contributed by atoms with Gasteiger partial charge in [-0.1, -0.05) is 43.5 Å². The summed E-state index contributed by atoms with van der Waals surface area (Å²) in [7, 11) is 0. The van der Waals surface area contributed by atoms with Crippen LogP contribution in [0.2, 0.25) is 0 Å². The topological polar surface area (TPSA) is 17.1 Å². The summed E-state index contributed by atoms with van der Waals surface area (Å²) >= 11 is 1.60. The quantitative estimate of drug-likeness (QED) is 0.670. The molecule has 3 rings (SSSR count). The number of carbonyl (C=O) groups is 1.